The standard InChI is InChI=1S/C14H26BrNO/c1-3-5-7-12(4-2)14(17)16(11-10-15)13-8-6-9-13/h12-13H,3-11H2,1-2H3. The third-order valence-corrected chi connectivity index (χ3v) is 4.23. The van der Waals surface area contributed by atoms with Crippen LogP contribution in [-0.4, -0.2) is 28.7 Å². The molecule has 1 fully saturated rings. The van der Waals surface area contributed by atoms with Gasteiger partial charge >= 0.3 is 0 Å². The van der Waals surface area contributed by atoms with Gasteiger partial charge in [0.15, 0.2) is 0 Å². The van der Waals surface area contributed by atoms with Gasteiger partial charge in [-0.25, -0.2) is 0 Å². The van der Waals surface area contributed by atoms with Gasteiger partial charge < -0.3 is 4.90 Å². The minimum Gasteiger partial charge on any atom is -0.339 e. The smallest absolute Gasteiger partial charge is 0.225 e. The van der Waals surface area contributed by atoms with Gasteiger partial charge in [-0.05, 0) is 32.1 Å². The Hall–Kier alpha value is -0.0500. The highest BCUT2D eigenvalue weighted by Gasteiger charge is 2.31. The molecular weight excluding hydrogens is 278 g/mol. The topological polar surface area (TPSA) is 20.3 Å². The maximum absolute atomic E-state index is 12.5. The molecule has 1 atom stereocenters. The highest BCUT2D eigenvalue weighted by atomic mass is 79.9. The van der Waals surface area contributed by atoms with Crippen LogP contribution >= 0.6 is 15.9 Å². The van der Waals surface area contributed by atoms with E-state index < -0.39 is 0 Å². The fourth-order valence-corrected chi connectivity index (χ4v) is 2.83. The largest absolute Gasteiger partial charge is 0.339 e. The van der Waals surface area contributed by atoms with Crippen LogP contribution in [0.15, 0.2) is 0 Å². The second-order valence-corrected chi connectivity index (χ2v) is 5.85. The molecule has 0 aromatic carbocycles. The van der Waals surface area contributed by atoms with E-state index in [0.717, 1.165) is 24.7 Å². The summed E-state index contributed by atoms with van der Waals surface area (Å²) in [5.41, 5.74) is 0. The predicted octanol–water partition coefficient (Wildman–Crippen LogP) is 3.98. The molecule has 1 saturated carbocycles. The molecule has 0 aliphatic heterocycles. The number of rotatable bonds is 8. The van der Waals surface area contributed by atoms with Gasteiger partial charge in [0.2, 0.25) is 5.91 Å². The highest BCUT2D eigenvalue weighted by molar-refractivity contribution is 9.09. The predicted molar refractivity (Wildman–Crippen MR) is 76.5 cm³/mol. The Bertz CT molecular complexity index is 228. The van der Waals surface area contributed by atoms with Crippen LogP contribution in [0.5, 0.6) is 0 Å². The van der Waals surface area contributed by atoms with Crippen molar-refractivity contribution in [1.82, 2.24) is 4.90 Å². The molecule has 3 heteroatoms. The van der Waals surface area contributed by atoms with Crippen molar-refractivity contribution >= 4 is 21.8 Å². The van der Waals surface area contributed by atoms with E-state index in [1.807, 2.05) is 0 Å². The SMILES string of the molecule is CCCCC(CC)C(=O)N(CCBr)C1CCC1. The monoisotopic (exact) mass is 303 g/mol. The van der Waals surface area contributed by atoms with Crippen molar-refractivity contribution in [2.75, 3.05) is 11.9 Å². The summed E-state index contributed by atoms with van der Waals surface area (Å²) in [5, 5.41) is 0.902. The van der Waals surface area contributed by atoms with Gasteiger partial charge in [0.05, 0.1) is 0 Å². The molecule has 0 aromatic rings. The van der Waals surface area contributed by atoms with E-state index in [-0.39, 0.29) is 5.92 Å². The number of halogens is 1. The average molecular weight is 304 g/mol. The number of unbranched alkanes of at least 4 members (excludes halogenated alkanes) is 1. The fraction of sp³-hybridized carbons (Fsp3) is 0.929. The van der Waals surface area contributed by atoms with Crippen molar-refractivity contribution in [3.8, 4) is 0 Å². The van der Waals surface area contributed by atoms with Crippen LogP contribution in [0.1, 0.15) is 58.8 Å². The molecule has 1 unspecified atom stereocenters. The summed E-state index contributed by atoms with van der Waals surface area (Å²) in [6, 6.07) is 0.538. The maximum Gasteiger partial charge on any atom is 0.225 e. The zero-order chi connectivity index (χ0) is 12.7. The van der Waals surface area contributed by atoms with Crippen molar-refractivity contribution in [2.24, 2.45) is 5.92 Å². The van der Waals surface area contributed by atoms with Crippen molar-refractivity contribution in [3.05, 3.63) is 0 Å². The molecule has 1 rings (SSSR count). The first-order chi connectivity index (χ1) is 8.24. The second-order valence-electron chi connectivity index (χ2n) is 5.05. The number of carbonyl (C=O) groups excluding carboxylic acids is 1. The average Bonchev–Trinajstić information content (AvgIpc) is 2.27. The summed E-state index contributed by atoms with van der Waals surface area (Å²) in [7, 11) is 0. The molecule has 0 aromatic heterocycles. The number of nitrogens with zero attached hydrogens (tertiary/aromatic N) is 1. The molecule has 1 aliphatic carbocycles. The van der Waals surface area contributed by atoms with Crippen LogP contribution in [0.3, 0.4) is 0 Å². The molecule has 0 spiro atoms. The normalized spacial score (nSPS) is 17.6. The Morgan fingerprint density at radius 1 is 1.41 bits per heavy atom. The third-order valence-electron chi connectivity index (χ3n) is 3.87. The summed E-state index contributed by atoms with van der Waals surface area (Å²) < 4.78 is 0. The fourth-order valence-electron chi connectivity index (χ4n) is 2.45. The Morgan fingerprint density at radius 3 is 2.53 bits per heavy atom. The van der Waals surface area contributed by atoms with E-state index in [1.54, 1.807) is 0 Å². The molecule has 0 bridgehead atoms. The van der Waals surface area contributed by atoms with Crippen LogP contribution in [0.2, 0.25) is 0 Å². The molecule has 1 aliphatic rings. The number of amides is 1. The molecule has 100 valence electrons. The lowest BCUT2D eigenvalue weighted by Crippen LogP contribution is -2.47. The van der Waals surface area contributed by atoms with Gasteiger partial charge in [-0.3, -0.25) is 4.79 Å². The lowest BCUT2D eigenvalue weighted by Gasteiger charge is -2.39. The Labute approximate surface area is 114 Å². The van der Waals surface area contributed by atoms with Crippen LogP contribution in [0.4, 0.5) is 0 Å². The van der Waals surface area contributed by atoms with E-state index in [4.69, 9.17) is 0 Å². The number of carbonyl (C=O) groups is 1. The summed E-state index contributed by atoms with van der Waals surface area (Å²) in [6.45, 7) is 5.22. The zero-order valence-corrected chi connectivity index (χ0v) is 12.8. The molecule has 0 saturated heterocycles. The third kappa shape index (κ3) is 4.27. The minimum atomic E-state index is 0.259. The van der Waals surface area contributed by atoms with Gasteiger partial charge in [0, 0.05) is 23.8 Å². The maximum atomic E-state index is 12.5. The number of hydrogen-bond acceptors (Lipinski definition) is 1. The first kappa shape index (κ1) is 15.0. The van der Waals surface area contributed by atoms with Gasteiger partial charge in [-0.1, -0.05) is 42.6 Å². The second kappa shape index (κ2) is 8.12. The quantitative estimate of drug-likeness (QED) is 0.621. The van der Waals surface area contributed by atoms with Gasteiger partial charge in [-0.2, -0.15) is 0 Å². The summed E-state index contributed by atoms with van der Waals surface area (Å²) in [6.07, 6.45) is 8.14. The first-order valence-corrected chi connectivity index (χ1v) is 8.23. The van der Waals surface area contributed by atoms with Gasteiger partial charge in [-0.15, -0.1) is 0 Å². The number of hydrogen-bond donors (Lipinski definition) is 0. The Balaban J connectivity index is 2.53. The molecule has 17 heavy (non-hydrogen) atoms. The van der Waals surface area contributed by atoms with E-state index in [0.29, 0.717) is 11.9 Å². The summed E-state index contributed by atoms with van der Waals surface area (Å²) in [4.78, 5) is 14.7. The van der Waals surface area contributed by atoms with Crippen molar-refractivity contribution in [1.29, 1.82) is 0 Å². The summed E-state index contributed by atoms with van der Waals surface area (Å²) >= 11 is 3.47. The lowest BCUT2D eigenvalue weighted by atomic mass is 9.89. The van der Waals surface area contributed by atoms with Crippen LogP contribution < -0.4 is 0 Å². The Kier molecular flexibility index (Phi) is 7.17. The van der Waals surface area contributed by atoms with E-state index in [2.05, 4.69) is 34.7 Å². The molecule has 0 radical (unpaired) electrons. The zero-order valence-electron chi connectivity index (χ0n) is 11.3. The van der Waals surface area contributed by atoms with E-state index in [1.165, 1.54) is 32.1 Å². The molecule has 0 heterocycles. The minimum absolute atomic E-state index is 0.259. The van der Waals surface area contributed by atoms with Crippen LogP contribution in [0.25, 0.3) is 0 Å². The van der Waals surface area contributed by atoms with E-state index >= 15 is 0 Å². The van der Waals surface area contributed by atoms with E-state index in [9.17, 15) is 4.79 Å². The first-order valence-electron chi connectivity index (χ1n) is 7.11. The molecular formula is C14H26BrNO. The van der Waals surface area contributed by atoms with Crippen molar-refractivity contribution in [3.63, 3.8) is 0 Å². The summed E-state index contributed by atoms with van der Waals surface area (Å²) in [5.74, 6) is 0.666. The molecule has 1 amide bonds. The highest BCUT2D eigenvalue weighted by Crippen LogP contribution is 2.27. The van der Waals surface area contributed by atoms with Crippen LogP contribution in [0, 0.1) is 5.92 Å². The Morgan fingerprint density at radius 2 is 2.12 bits per heavy atom. The number of alkyl halides is 1. The van der Waals surface area contributed by atoms with Crippen molar-refractivity contribution in [2.45, 2.75) is 64.8 Å². The lowest BCUT2D eigenvalue weighted by molar-refractivity contribution is -0.139. The van der Waals surface area contributed by atoms with Gasteiger partial charge in [0.25, 0.3) is 0 Å². The van der Waals surface area contributed by atoms with Crippen molar-refractivity contribution < 1.29 is 4.79 Å². The molecule has 0 N–H and O–H groups in total. The van der Waals surface area contributed by atoms with Crippen LogP contribution in [-0.2, 0) is 4.79 Å². The van der Waals surface area contributed by atoms with Gasteiger partial charge in [0.1, 0.15) is 0 Å². The molecule has 2 nitrogen and oxygen atoms in total.